The fraction of sp³-hybridized carbons (Fsp3) is 0.348. The zero-order valence-electron chi connectivity index (χ0n) is 18.3. The summed E-state index contributed by atoms with van der Waals surface area (Å²) in [7, 11) is 0. The van der Waals surface area contributed by atoms with E-state index < -0.39 is 6.04 Å². The number of likely N-dealkylation sites (tertiary alicyclic amines) is 1. The van der Waals surface area contributed by atoms with E-state index in [9.17, 15) is 9.90 Å². The van der Waals surface area contributed by atoms with Crippen molar-refractivity contribution in [3.05, 3.63) is 57.1 Å². The number of thiazole rings is 1. The van der Waals surface area contributed by atoms with Crippen LogP contribution in [-0.2, 0) is 9.53 Å². The van der Waals surface area contributed by atoms with Gasteiger partial charge in [-0.25, -0.2) is 0 Å². The Bertz CT molecular complexity index is 1320. The van der Waals surface area contributed by atoms with E-state index in [1.54, 1.807) is 37.5 Å². The highest BCUT2D eigenvalue weighted by Gasteiger charge is 2.36. The van der Waals surface area contributed by atoms with Crippen LogP contribution in [0.2, 0.25) is 10.0 Å². The van der Waals surface area contributed by atoms with Crippen LogP contribution in [0.3, 0.4) is 0 Å². The Balaban J connectivity index is 1.57. The average Bonchev–Trinajstić information content (AvgIpc) is 3.55. The maximum absolute atomic E-state index is 12.5. The second-order valence-corrected chi connectivity index (χ2v) is 9.90. The van der Waals surface area contributed by atoms with Crippen molar-refractivity contribution in [1.82, 2.24) is 19.5 Å². The van der Waals surface area contributed by atoms with E-state index in [1.807, 2.05) is 6.07 Å². The Morgan fingerprint density at radius 1 is 1.38 bits per heavy atom. The lowest BCUT2D eigenvalue weighted by molar-refractivity contribution is -0.150. The summed E-state index contributed by atoms with van der Waals surface area (Å²) in [5.74, 6) is 0.418. The lowest BCUT2D eigenvalue weighted by Gasteiger charge is -2.37. The Labute approximate surface area is 209 Å². The molecule has 3 aromatic heterocycles. The zero-order valence-corrected chi connectivity index (χ0v) is 20.6. The van der Waals surface area contributed by atoms with Gasteiger partial charge in [-0.2, -0.15) is 9.50 Å². The van der Waals surface area contributed by atoms with E-state index >= 15 is 0 Å². The minimum absolute atomic E-state index is 0.0282. The molecule has 178 valence electrons. The number of rotatable bonds is 6. The number of carbonyl (C=O) groups is 1. The summed E-state index contributed by atoms with van der Waals surface area (Å²) in [5, 5.41) is 16.6. The van der Waals surface area contributed by atoms with Crippen molar-refractivity contribution in [2.24, 2.45) is 5.92 Å². The lowest BCUT2D eigenvalue weighted by atomic mass is 9.94. The van der Waals surface area contributed by atoms with Gasteiger partial charge in [0.1, 0.15) is 0 Å². The van der Waals surface area contributed by atoms with Crippen LogP contribution in [0.4, 0.5) is 0 Å². The van der Waals surface area contributed by atoms with E-state index in [2.05, 4.69) is 15.0 Å². The summed E-state index contributed by atoms with van der Waals surface area (Å²) >= 11 is 14.1. The lowest BCUT2D eigenvalue weighted by Crippen LogP contribution is -2.41. The molecule has 0 bridgehead atoms. The summed E-state index contributed by atoms with van der Waals surface area (Å²) in [6.07, 6.45) is 3.12. The van der Waals surface area contributed by atoms with E-state index in [1.165, 1.54) is 15.9 Å². The number of hydrogen-bond acceptors (Lipinski definition) is 8. The third-order valence-electron chi connectivity index (χ3n) is 5.88. The van der Waals surface area contributed by atoms with Gasteiger partial charge in [-0.1, -0.05) is 40.6 Å². The van der Waals surface area contributed by atoms with E-state index in [0.29, 0.717) is 44.6 Å². The number of carbonyl (C=O) groups excluding carboxylic acids is 1. The number of aromatic hydroxyl groups is 1. The molecule has 8 nitrogen and oxygen atoms in total. The van der Waals surface area contributed by atoms with Gasteiger partial charge in [-0.05, 0) is 56.1 Å². The topological polar surface area (TPSA) is 93.1 Å². The molecular formula is C23H22Cl2N4O4S. The van der Waals surface area contributed by atoms with Crippen molar-refractivity contribution in [2.75, 3.05) is 19.7 Å². The van der Waals surface area contributed by atoms with Gasteiger partial charge < -0.3 is 14.3 Å². The van der Waals surface area contributed by atoms with Crippen LogP contribution < -0.4 is 0 Å². The largest absolute Gasteiger partial charge is 0.492 e. The number of halogens is 2. The number of nitrogens with zero attached hydrogens (tertiary/aromatic N) is 4. The number of hydrogen-bond donors (Lipinski definition) is 1. The molecule has 0 saturated carbocycles. The molecule has 1 aliphatic rings. The van der Waals surface area contributed by atoms with Gasteiger partial charge >= 0.3 is 5.97 Å². The van der Waals surface area contributed by atoms with E-state index in [4.69, 9.17) is 32.4 Å². The van der Waals surface area contributed by atoms with Crippen molar-refractivity contribution in [3.63, 3.8) is 0 Å². The fourth-order valence-electron chi connectivity index (χ4n) is 4.36. The minimum atomic E-state index is -0.414. The van der Waals surface area contributed by atoms with Crippen LogP contribution in [0.25, 0.3) is 16.5 Å². The molecule has 11 heteroatoms. The highest BCUT2D eigenvalue weighted by molar-refractivity contribution is 7.17. The Morgan fingerprint density at radius 2 is 2.24 bits per heavy atom. The van der Waals surface area contributed by atoms with Crippen LogP contribution in [0.1, 0.15) is 36.2 Å². The third kappa shape index (κ3) is 4.29. The van der Waals surface area contributed by atoms with Gasteiger partial charge in [0.15, 0.2) is 5.76 Å². The summed E-state index contributed by atoms with van der Waals surface area (Å²) in [6.45, 7) is 3.35. The number of ether oxygens (including phenoxy) is 1. The van der Waals surface area contributed by atoms with Crippen LogP contribution in [0.5, 0.6) is 5.88 Å². The van der Waals surface area contributed by atoms with Crippen LogP contribution >= 0.6 is 34.5 Å². The standard InChI is InChI=1S/C23H22Cl2N4O4S/c1-2-32-22(31)13-5-3-9-28(12-13)18(15-8-7-14(24)11-16(15)25)19-21(30)29-23(34-19)26-20(27-29)17-6-4-10-33-17/h4,6-8,10-11,13,18,30H,2-3,5,9,12H2,1H3. The predicted molar refractivity (Wildman–Crippen MR) is 129 cm³/mol. The molecule has 2 unspecified atom stereocenters. The SMILES string of the molecule is CCOC(=O)C1CCCN(C(c2ccc(Cl)cc2Cl)c2sc3nc(-c4ccco4)nn3c2O)C1. The molecule has 0 amide bonds. The minimum Gasteiger partial charge on any atom is -0.492 e. The maximum atomic E-state index is 12.5. The van der Waals surface area contributed by atoms with Gasteiger partial charge in [0.2, 0.25) is 16.7 Å². The van der Waals surface area contributed by atoms with Gasteiger partial charge in [0.25, 0.3) is 0 Å². The number of piperidine rings is 1. The summed E-state index contributed by atoms with van der Waals surface area (Å²) in [6, 6.07) is 8.41. The average molecular weight is 521 g/mol. The second kappa shape index (κ2) is 9.58. The summed E-state index contributed by atoms with van der Waals surface area (Å²) in [4.78, 5) is 20.3. The Hall–Kier alpha value is -2.59. The molecule has 0 radical (unpaired) electrons. The zero-order chi connectivity index (χ0) is 23.8. The van der Waals surface area contributed by atoms with Gasteiger partial charge in [-0.15, -0.1) is 5.10 Å². The second-order valence-electron chi connectivity index (χ2n) is 8.05. The molecular weight excluding hydrogens is 499 g/mol. The molecule has 1 saturated heterocycles. The molecule has 0 spiro atoms. The van der Waals surface area contributed by atoms with E-state index in [0.717, 1.165) is 24.9 Å². The van der Waals surface area contributed by atoms with Crippen molar-refractivity contribution in [2.45, 2.75) is 25.8 Å². The molecule has 1 fully saturated rings. The first-order valence-corrected chi connectivity index (χ1v) is 12.5. The summed E-state index contributed by atoms with van der Waals surface area (Å²) in [5.41, 5.74) is 0.779. The Kier molecular flexibility index (Phi) is 6.52. The molecule has 4 aromatic rings. The first kappa shape index (κ1) is 23.2. The smallest absolute Gasteiger partial charge is 0.310 e. The number of benzene rings is 1. The van der Waals surface area contributed by atoms with Crippen LogP contribution in [0.15, 0.2) is 41.0 Å². The highest BCUT2D eigenvalue weighted by atomic mass is 35.5. The van der Waals surface area contributed by atoms with E-state index in [-0.39, 0.29) is 17.8 Å². The first-order valence-electron chi connectivity index (χ1n) is 10.9. The summed E-state index contributed by atoms with van der Waals surface area (Å²) < 4.78 is 12.1. The van der Waals surface area contributed by atoms with Crippen molar-refractivity contribution >= 4 is 45.5 Å². The number of furan rings is 1. The number of aromatic nitrogens is 3. The van der Waals surface area contributed by atoms with Crippen molar-refractivity contribution < 1.29 is 19.1 Å². The molecule has 4 heterocycles. The van der Waals surface area contributed by atoms with Crippen molar-refractivity contribution in [3.8, 4) is 17.5 Å². The van der Waals surface area contributed by atoms with Gasteiger partial charge in [0, 0.05) is 16.6 Å². The van der Waals surface area contributed by atoms with Gasteiger partial charge in [-0.3, -0.25) is 9.69 Å². The quantitative estimate of drug-likeness (QED) is 0.339. The van der Waals surface area contributed by atoms with Crippen LogP contribution in [-0.4, -0.2) is 50.3 Å². The Morgan fingerprint density at radius 3 is 2.94 bits per heavy atom. The van der Waals surface area contributed by atoms with Gasteiger partial charge in [0.05, 0.1) is 29.7 Å². The third-order valence-corrected chi connectivity index (χ3v) is 7.52. The molecule has 34 heavy (non-hydrogen) atoms. The van der Waals surface area contributed by atoms with Crippen molar-refractivity contribution in [1.29, 1.82) is 0 Å². The highest BCUT2D eigenvalue weighted by Crippen LogP contribution is 2.44. The normalized spacial score (nSPS) is 17.8. The molecule has 2 atom stereocenters. The molecule has 1 aliphatic heterocycles. The molecule has 5 rings (SSSR count). The molecule has 0 aliphatic carbocycles. The maximum Gasteiger partial charge on any atom is 0.310 e. The van der Waals surface area contributed by atoms with Crippen LogP contribution in [0, 0.1) is 5.92 Å². The number of fused-ring (bicyclic) bond motifs is 1. The molecule has 1 aromatic carbocycles. The monoisotopic (exact) mass is 520 g/mol. The fourth-order valence-corrected chi connectivity index (χ4v) is 5.98. The predicted octanol–water partition coefficient (Wildman–Crippen LogP) is 5.43. The first-order chi connectivity index (χ1) is 16.5. The molecule has 1 N–H and O–H groups in total. The number of esters is 1.